The Morgan fingerprint density at radius 2 is 1.73 bits per heavy atom. The molecule has 2 heterocycles. The third kappa shape index (κ3) is 3.45. The minimum Gasteiger partial charge on any atom is -0.490 e. The molecule has 0 atom stereocenters. The van der Waals surface area contributed by atoms with Gasteiger partial charge in [0.15, 0.2) is 11.5 Å². The molecule has 0 unspecified atom stereocenters. The maximum absolute atomic E-state index is 12.6. The van der Waals surface area contributed by atoms with E-state index < -0.39 is 0 Å². The van der Waals surface area contributed by atoms with Gasteiger partial charge < -0.3 is 19.5 Å². The van der Waals surface area contributed by atoms with Crippen LogP contribution < -0.4 is 19.5 Å². The highest BCUT2D eigenvalue weighted by molar-refractivity contribution is 6.34. The predicted octanol–water partition coefficient (Wildman–Crippen LogP) is 4.57. The molecule has 0 aliphatic carbocycles. The molecule has 134 valence electrons. The van der Waals surface area contributed by atoms with Crippen LogP contribution in [0.2, 0.25) is 10.0 Å². The highest BCUT2D eigenvalue weighted by Crippen LogP contribution is 2.38. The zero-order chi connectivity index (χ0) is 18.1. The van der Waals surface area contributed by atoms with Crippen LogP contribution in [0, 0.1) is 0 Å². The second-order valence-electron chi connectivity index (χ2n) is 5.92. The summed E-state index contributed by atoms with van der Waals surface area (Å²) in [6.07, 6.45) is 2.55. The molecule has 4 rings (SSSR count). The molecule has 7 heteroatoms. The Balaban J connectivity index is 1.58. The van der Waals surface area contributed by atoms with Crippen molar-refractivity contribution in [3.8, 4) is 17.2 Å². The minimum absolute atomic E-state index is 0.169. The van der Waals surface area contributed by atoms with Gasteiger partial charge in [0.05, 0.1) is 29.5 Å². The van der Waals surface area contributed by atoms with E-state index in [4.69, 9.17) is 37.4 Å². The van der Waals surface area contributed by atoms with Gasteiger partial charge in [0.2, 0.25) is 0 Å². The second kappa shape index (κ2) is 7.09. The van der Waals surface area contributed by atoms with Crippen molar-refractivity contribution < 1.29 is 19.0 Å². The normalized spacial score (nSPS) is 15.2. The van der Waals surface area contributed by atoms with E-state index in [0.717, 1.165) is 12.0 Å². The van der Waals surface area contributed by atoms with Gasteiger partial charge in [-0.1, -0.05) is 23.2 Å². The van der Waals surface area contributed by atoms with Gasteiger partial charge in [0, 0.05) is 29.1 Å². The molecule has 0 fully saturated rings. The topological polar surface area (TPSA) is 56.8 Å². The number of nitrogens with one attached hydrogen (secondary N) is 1. The number of hydrogen-bond donors (Lipinski definition) is 1. The summed E-state index contributed by atoms with van der Waals surface area (Å²) in [7, 11) is 0. The Morgan fingerprint density at radius 1 is 0.962 bits per heavy atom. The van der Waals surface area contributed by atoms with Crippen LogP contribution in [0.25, 0.3) is 6.08 Å². The van der Waals surface area contributed by atoms with Gasteiger partial charge in [-0.3, -0.25) is 4.79 Å². The average Bonchev–Trinajstić information content (AvgIpc) is 2.86. The number of anilines is 1. The van der Waals surface area contributed by atoms with Gasteiger partial charge in [0.1, 0.15) is 12.4 Å². The Morgan fingerprint density at radius 3 is 2.54 bits per heavy atom. The van der Waals surface area contributed by atoms with Gasteiger partial charge in [-0.15, -0.1) is 0 Å². The van der Waals surface area contributed by atoms with Crippen molar-refractivity contribution in [2.75, 3.05) is 25.1 Å². The molecule has 0 saturated carbocycles. The van der Waals surface area contributed by atoms with Gasteiger partial charge >= 0.3 is 0 Å². The molecule has 1 amide bonds. The lowest BCUT2D eigenvalue weighted by Crippen LogP contribution is -2.21. The second-order valence-corrected chi connectivity index (χ2v) is 6.77. The molecular weight excluding hydrogens is 377 g/mol. The quantitative estimate of drug-likeness (QED) is 0.814. The third-order valence-electron chi connectivity index (χ3n) is 4.06. The molecule has 0 radical (unpaired) electrons. The molecular formula is C19H15Cl2NO4. The molecule has 2 aliphatic rings. The summed E-state index contributed by atoms with van der Waals surface area (Å²) < 4.78 is 16.9. The Bertz CT molecular complexity index is 911. The molecule has 2 aromatic rings. The first-order valence-corrected chi connectivity index (χ1v) is 8.89. The van der Waals surface area contributed by atoms with Gasteiger partial charge in [-0.2, -0.15) is 0 Å². The third-order valence-corrected chi connectivity index (χ3v) is 4.61. The molecule has 0 spiro atoms. The average molecular weight is 392 g/mol. The highest BCUT2D eigenvalue weighted by atomic mass is 35.5. The van der Waals surface area contributed by atoms with E-state index in [1.165, 1.54) is 0 Å². The van der Waals surface area contributed by atoms with Crippen LogP contribution in [0.5, 0.6) is 17.2 Å². The fourth-order valence-electron chi connectivity index (χ4n) is 2.76. The first-order valence-electron chi connectivity index (χ1n) is 8.13. The molecule has 0 bridgehead atoms. The van der Waals surface area contributed by atoms with Crippen LogP contribution in [0.4, 0.5) is 5.69 Å². The number of ether oxygens (including phenoxy) is 3. The standard InChI is InChI=1S/C19H15Cl2NO4/c20-13-2-3-16-11(7-13)6-12(10-26-16)19(23)22-15-9-18-17(8-14(15)21)24-4-1-5-25-18/h2-3,6-9H,1,4-5,10H2,(H,22,23). The Hall–Kier alpha value is -2.37. The lowest BCUT2D eigenvalue weighted by Gasteiger charge is -2.18. The Kier molecular flexibility index (Phi) is 4.66. The van der Waals surface area contributed by atoms with Crippen LogP contribution in [-0.4, -0.2) is 25.7 Å². The van der Waals surface area contributed by atoms with Crippen molar-refractivity contribution in [2.24, 2.45) is 0 Å². The predicted molar refractivity (Wildman–Crippen MR) is 101 cm³/mol. The molecule has 5 nitrogen and oxygen atoms in total. The van der Waals surface area contributed by atoms with E-state index in [0.29, 0.717) is 51.8 Å². The van der Waals surface area contributed by atoms with Gasteiger partial charge in [-0.25, -0.2) is 0 Å². The monoisotopic (exact) mass is 391 g/mol. The van der Waals surface area contributed by atoms with Crippen LogP contribution in [0.1, 0.15) is 12.0 Å². The first kappa shape index (κ1) is 17.1. The number of benzene rings is 2. The lowest BCUT2D eigenvalue weighted by molar-refractivity contribution is -0.113. The fraction of sp³-hybridized carbons (Fsp3) is 0.211. The van der Waals surface area contributed by atoms with Crippen molar-refractivity contribution >= 4 is 40.9 Å². The molecule has 1 N–H and O–H groups in total. The summed E-state index contributed by atoms with van der Waals surface area (Å²) >= 11 is 12.3. The largest absolute Gasteiger partial charge is 0.490 e. The van der Waals surface area contributed by atoms with Crippen molar-refractivity contribution in [3.63, 3.8) is 0 Å². The van der Waals surface area contributed by atoms with Crippen molar-refractivity contribution in [3.05, 3.63) is 51.5 Å². The van der Waals surface area contributed by atoms with E-state index in [1.54, 1.807) is 36.4 Å². The summed E-state index contributed by atoms with van der Waals surface area (Å²) in [5, 5.41) is 3.77. The molecule has 2 aromatic carbocycles. The minimum atomic E-state index is -0.299. The fourth-order valence-corrected chi connectivity index (χ4v) is 3.14. The van der Waals surface area contributed by atoms with E-state index in [2.05, 4.69) is 5.32 Å². The van der Waals surface area contributed by atoms with E-state index in [9.17, 15) is 4.79 Å². The zero-order valence-electron chi connectivity index (χ0n) is 13.7. The number of fused-ring (bicyclic) bond motifs is 2. The maximum atomic E-state index is 12.6. The van der Waals surface area contributed by atoms with Crippen molar-refractivity contribution in [2.45, 2.75) is 6.42 Å². The summed E-state index contributed by atoms with van der Waals surface area (Å²) in [4.78, 5) is 12.6. The number of hydrogen-bond acceptors (Lipinski definition) is 4. The molecule has 0 aromatic heterocycles. The lowest BCUT2D eigenvalue weighted by atomic mass is 10.1. The number of rotatable bonds is 2. The number of carbonyl (C=O) groups excluding carboxylic acids is 1. The van der Waals surface area contributed by atoms with Gasteiger partial charge in [-0.05, 0) is 24.3 Å². The first-order chi connectivity index (χ1) is 12.6. The van der Waals surface area contributed by atoms with Crippen LogP contribution in [-0.2, 0) is 4.79 Å². The SMILES string of the molecule is O=C(Nc1cc2c(cc1Cl)OCCCO2)C1=Cc2cc(Cl)ccc2OC1. The Labute approximate surface area is 160 Å². The zero-order valence-corrected chi connectivity index (χ0v) is 15.2. The van der Waals surface area contributed by atoms with E-state index in [1.807, 2.05) is 0 Å². The van der Waals surface area contributed by atoms with Crippen molar-refractivity contribution in [1.82, 2.24) is 0 Å². The smallest absolute Gasteiger partial charge is 0.255 e. The summed E-state index contributed by atoms with van der Waals surface area (Å²) in [5.74, 6) is 1.54. The van der Waals surface area contributed by atoms with Crippen LogP contribution in [0.3, 0.4) is 0 Å². The highest BCUT2D eigenvalue weighted by Gasteiger charge is 2.20. The molecule has 2 aliphatic heterocycles. The van der Waals surface area contributed by atoms with Crippen LogP contribution in [0.15, 0.2) is 35.9 Å². The number of halogens is 2. The van der Waals surface area contributed by atoms with Crippen molar-refractivity contribution in [1.29, 1.82) is 0 Å². The number of amides is 1. The molecule has 26 heavy (non-hydrogen) atoms. The summed E-state index contributed by atoms with van der Waals surface area (Å²) in [5.41, 5.74) is 1.69. The van der Waals surface area contributed by atoms with E-state index >= 15 is 0 Å². The summed E-state index contributed by atoms with van der Waals surface area (Å²) in [6.45, 7) is 1.29. The summed E-state index contributed by atoms with van der Waals surface area (Å²) in [6, 6.07) is 8.61. The molecule has 0 saturated heterocycles. The van der Waals surface area contributed by atoms with Gasteiger partial charge in [0.25, 0.3) is 5.91 Å². The maximum Gasteiger partial charge on any atom is 0.255 e. The van der Waals surface area contributed by atoms with Crippen LogP contribution >= 0.6 is 23.2 Å². The number of carbonyl (C=O) groups is 1. The van der Waals surface area contributed by atoms with E-state index in [-0.39, 0.29) is 12.5 Å².